The summed E-state index contributed by atoms with van der Waals surface area (Å²) in [4.78, 5) is 27.8. The lowest BCUT2D eigenvalue weighted by atomic mass is 10.0. The Morgan fingerprint density at radius 3 is 2.03 bits per heavy atom. The first-order chi connectivity index (χ1) is 16.3. The number of urea groups is 1. The van der Waals surface area contributed by atoms with Crippen LogP contribution in [0, 0.1) is 0 Å². The number of amides is 3. The second-order valence-electron chi connectivity index (χ2n) is 7.82. The normalized spacial score (nSPS) is 15.1. The van der Waals surface area contributed by atoms with Crippen molar-refractivity contribution in [2.75, 3.05) is 44.6 Å². The largest absolute Gasteiger partial charge is 0.416 e. The minimum absolute atomic E-state index is 0.00967. The number of hydrogen-bond donors (Lipinski definition) is 2. The zero-order valence-electron chi connectivity index (χ0n) is 18.1. The molecule has 1 aliphatic rings. The van der Waals surface area contributed by atoms with Crippen LogP contribution in [0.4, 0.5) is 36.8 Å². The van der Waals surface area contributed by atoms with Gasteiger partial charge in [-0.15, -0.1) is 0 Å². The predicted molar refractivity (Wildman–Crippen MR) is 117 cm³/mol. The number of piperazine rings is 1. The zero-order chi connectivity index (χ0) is 25.8. The van der Waals surface area contributed by atoms with E-state index in [0.29, 0.717) is 42.5 Å². The summed E-state index contributed by atoms with van der Waals surface area (Å²) >= 11 is 5.86. The van der Waals surface area contributed by atoms with Gasteiger partial charge < -0.3 is 15.5 Å². The molecule has 1 heterocycles. The second-order valence-corrected chi connectivity index (χ2v) is 8.26. The number of benzene rings is 2. The van der Waals surface area contributed by atoms with Crippen LogP contribution in [0.5, 0.6) is 0 Å². The van der Waals surface area contributed by atoms with E-state index in [1.165, 1.54) is 4.90 Å². The van der Waals surface area contributed by atoms with Gasteiger partial charge in [0, 0.05) is 55.5 Å². The van der Waals surface area contributed by atoms with E-state index in [1.54, 1.807) is 24.3 Å². The molecule has 1 saturated heterocycles. The Balaban J connectivity index is 1.52. The molecule has 0 radical (unpaired) electrons. The highest BCUT2D eigenvalue weighted by molar-refractivity contribution is 6.30. The smallest absolute Gasteiger partial charge is 0.337 e. The van der Waals surface area contributed by atoms with E-state index < -0.39 is 41.0 Å². The maximum absolute atomic E-state index is 13.1. The van der Waals surface area contributed by atoms with Crippen molar-refractivity contribution >= 4 is 29.2 Å². The SMILES string of the molecule is O=C(NCCN1CCN(C(=O)c2cc(C(F)(F)F)cc(C(F)(F)F)c2)CC1)Nc1cccc(Cl)c1. The average molecular weight is 523 g/mol. The van der Waals surface area contributed by atoms with Crippen LogP contribution in [0.3, 0.4) is 0 Å². The number of carbonyl (C=O) groups excluding carboxylic acids is 2. The van der Waals surface area contributed by atoms with Crippen molar-refractivity contribution in [1.82, 2.24) is 15.1 Å². The summed E-state index contributed by atoms with van der Waals surface area (Å²) < 4.78 is 78.4. The topological polar surface area (TPSA) is 64.7 Å². The maximum atomic E-state index is 13.1. The van der Waals surface area contributed by atoms with Crippen molar-refractivity contribution in [3.63, 3.8) is 0 Å². The van der Waals surface area contributed by atoms with Crippen molar-refractivity contribution in [3.8, 4) is 0 Å². The summed E-state index contributed by atoms with van der Waals surface area (Å²) in [5, 5.41) is 5.76. The molecule has 0 unspecified atom stereocenters. The van der Waals surface area contributed by atoms with Crippen molar-refractivity contribution < 1.29 is 35.9 Å². The molecule has 1 fully saturated rings. The van der Waals surface area contributed by atoms with Gasteiger partial charge in [0.2, 0.25) is 0 Å². The fourth-order valence-electron chi connectivity index (χ4n) is 3.50. The van der Waals surface area contributed by atoms with Crippen LogP contribution < -0.4 is 10.6 Å². The van der Waals surface area contributed by atoms with Gasteiger partial charge in [-0.05, 0) is 36.4 Å². The summed E-state index contributed by atoms with van der Waals surface area (Å²) in [5.41, 5.74) is -3.21. The third-order valence-corrected chi connectivity index (χ3v) is 5.53. The van der Waals surface area contributed by atoms with Crippen LogP contribution >= 0.6 is 11.6 Å². The van der Waals surface area contributed by atoms with E-state index in [2.05, 4.69) is 10.6 Å². The highest BCUT2D eigenvalue weighted by atomic mass is 35.5. The molecule has 35 heavy (non-hydrogen) atoms. The number of rotatable bonds is 5. The fraction of sp³-hybridized carbons (Fsp3) is 0.364. The summed E-state index contributed by atoms with van der Waals surface area (Å²) in [6.45, 7) is 1.63. The monoisotopic (exact) mass is 522 g/mol. The lowest BCUT2D eigenvalue weighted by molar-refractivity contribution is -0.143. The lowest BCUT2D eigenvalue weighted by Crippen LogP contribution is -2.50. The van der Waals surface area contributed by atoms with Crippen LogP contribution in [0.1, 0.15) is 21.5 Å². The van der Waals surface area contributed by atoms with Gasteiger partial charge in [0.15, 0.2) is 0 Å². The van der Waals surface area contributed by atoms with Gasteiger partial charge >= 0.3 is 18.4 Å². The van der Waals surface area contributed by atoms with Gasteiger partial charge in [0.1, 0.15) is 0 Å². The molecule has 3 amide bonds. The highest BCUT2D eigenvalue weighted by Crippen LogP contribution is 2.36. The number of hydrogen-bond acceptors (Lipinski definition) is 3. The van der Waals surface area contributed by atoms with Gasteiger partial charge in [-0.2, -0.15) is 26.3 Å². The minimum atomic E-state index is -5.03. The average Bonchev–Trinajstić information content (AvgIpc) is 2.77. The Bertz CT molecular complexity index is 1040. The molecule has 6 nitrogen and oxygen atoms in total. The second kappa shape index (κ2) is 10.7. The van der Waals surface area contributed by atoms with Crippen molar-refractivity contribution in [2.45, 2.75) is 12.4 Å². The molecule has 0 bridgehead atoms. The van der Waals surface area contributed by atoms with Crippen LogP contribution in [0.15, 0.2) is 42.5 Å². The van der Waals surface area contributed by atoms with Crippen molar-refractivity contribution in [1.29, 1.82) is 0 Å². The van der Waals surface area contributed by atoms with Crippen LogP contribution in [0.25, 0.3) is 0 Å². The molecule has 1 aliphatic heterocycles. The first-order valence-electron chi connectivity index (χ1n) is 10.4. The molecule has 3 rings (SSSR count). The fourth-order valence-corrected chi connectivity index (χ4v) is 3.69. The molecule has 2 aromatic carbocycles. The molecule has 0 saturated carbocycles. The van der Waals surface area contributed by atoms with Crippen LogP contribution in [0.2, 0.25) is 5.02 Å². The third kappa shape index (κ3) is 7.49. The first kappa shape index (κ1) is 26.6. The summed E-state index contributed by atoms with van der Waals surface area (Å²) in [5.74, 6) is -0.903. The number of nitrogens with zero attached hydrogens (tertiary/aromatic N) is 2. The molecule has 190 valence electrons. The quantitative estimate of drug-likeness (QED) is 0.546. The standard InChI is InChI=1S/C22H21ClF6N4O2/c23-17-2-1-3-18(13-17)31-20(35)30-4-5-32-6-8-33(9-7-32)19(34)14-10-15(21(24,25)26)12-16(11-14)22(27,28)29/h1-3,10-13H,4-9H2,(H2,30,31,35). The Hall–Kier alpha value is -2.99. The van der Waals surface area contributed by atoms with Gasteiger partial charge in [0.25, 0.3) is 5.91 Å². The van der Waals surface area contributed by atoms with E-state index >= 15 is 0 Å². The Morgan fingerprint density at radius 1 is 0.886 bits per heavy atom. The third-order valence-electron chi connectivity index (χ3n) is 5.29. The Kier molecular flexibility index (Phi) is 8.16. The van der Waals surface area contributed by atoms with Gasteiger partial charge in [0.05, 0.1) is 11.1 Å². The lowest BCUT2D eigenvalue weighted by Gasteiger charge is -2.35. The Morgan fingerprint density at radius 2 is 1.49 bits per heavy atom. The van der Waals surface area contributed by atoms with E-state index in [-0.39, 0.29) is 25.7 Å². The molecule has 0 aromatic heterocycles. The van der Waals surface area contributed by atoms with Gasteiger partial charge in [-0.1, -0.05) is 17.7 Å². The van der Waals surface area contributed by atoms with Gasteiger partial charge in [-0.25, -0.2) is 4.79 Å². The van der Waals surface area contributed by atoms with Crippen molar-refractivity contribution in [2.24, 2.45) is 0 Å². The van der Waals surface area contributed by atoms with E-state index in [4.69, 9.17) is 11.6 Å². The number of halogens is 7. The molecule has 0 spiro atoms. The Labute approximate surface area is 201 Å². The molecule has 0 atom stereocenters. The number of carbonyl (C=O) groups is 2. The van der Waals surface area contributed by atoms with Crippen molar-refractivity contribution in [3.05, 3.63) is 64.2 Å². The molecule has 2 aromatic rings. The highest BCUT2D eigenvalue weighted by Gasteiger charge is 2.38. The molecule has 0 aliphatic carbocycles. The minimum Gasteiger partial charge on any atom is -0.337 e. The van der Waals surface area contributed by atoms with E-state index in [0.717, 1.165) is 0 Å². The number of nitrogens with one attached hydrogen (secondary N) is 2. The molecule has 2 N–H and O–H groups in total. The summed E-state index contributed by atoms with van der Waals surface area (Å²) in [7, 11) is 0. The van der Waals surface area contributed by atoms with Crippen LogP contribution in [-0.2, 0) is 12.4 Å². The number of alkyl halides is 6. The predicted octanol–water partition coefficient (Wildman–Crippen LogP) is 4.96. The first-order valence-corrected chi connectivity index (χ1v) is 10.8. The van der Waals surface area contributed by atoms with E-state index in [9.17, 15) is 35.9 Å². The summed E-state index contributed by atoms with van der Waals surface area (Å²) in [6, 6.07) is 7.03. The molecule has 13 heteroatoms. The van der Waals surface area contributed by atoms with E-state index in [1.807, 2.05) is 4.90 Å². The number of anilines is 1. The van der Waals surface area contributed by atoms with Crippen LogP contribution in [-0.4, -0.2) is 61.0 Å². The zero-order valence-corrected chi connectivity index (χ0v) is 18.9. The maximum Gasteiger partial charge on any atom is 0.416 e. The molecular weight excluding hydrogens is 502 g/mol. The molecular formula is C22H21ClF6N4O2. The van der Waals surface area contributed by atoms with Gasteiger partial charge in [-0.3, -0.25) is 9.69 Å². The summed E-state index contributed by atoms with van der Waals surface area (Å²) in [6.07, 6.45) is -10.1.